The molecule has 6 nitrogen and oxygen atoms in total. The molecule has 8 bridgehead atoms. The van der Waals surface area contributed by atoms with E-state index in [1.165, 1.54) is 17.7 Å². The summed E-state index contributed by atoms with van der Waals surface area (Å²) in [7, 11) is 0. The van der Waals surface area contributed by atoms with Gasteiger partial charge in [0.2, 0.25) is 0 Å². The first-order valence-corrected chi connectivity index (χ1v) is 19.7. The molecule has 10 rings (SSSR count). The molecule has 3 aromatic heterocycles. The molecule has 0 atom stereocenters. The fraction of sp³-hybridized carbons (Fsp3) is 0.160. The van der Waals surface area contributed by atoms with Crippen molar-refractivity contribution in [1.29, 1.82) is 0 Å². The van der Waals surface area contributed by atoms with Gasteiger partial charge in [-0.3, -0.25) is 14.6 Å². The van der Waals surface area contributed by atoms with Gasteiger partial charge in [0, 0.05) is 55.6 Å². The number of allylic oxidation sites excluding steroid dienone is 4. The highest BCUT2D eigenvalue weighted by Gasteiger charge is 2.31. The van der Waals surface area contributed by atoms with Crippen molar-refractivity contribution < 1.29 is 9.59 Å². The number of nitrogens with one attached hydrogen (secondary N) is 2. The van der Waals surface area contributed by atoms with E-state index in [2.05, 4.69) is 125 Å². The lowest BCUT2D eigenvalue weighted by molar-refractivity contribution is -0.115. The van der Waals surface area contributed by atoms with E-state index in [9.17, 15) is 9.59 Å². The van der Waals surface area contributed by atoms with E-state index in [1.807, 2.05) is 12.1 Å². The second-order valence-electron chi connectivity index (χ2n) is 15.2. The number of aromatic nitrogens is 4. The Labute approximate surface area is 325 Å². The number of hydrogen-bond acceptors (Lipinski definition) is 4. The molecule has 0 spiro atoms. The first kappa shape index (κ1) is 33.9. The number of nitrogens with zero attached hydrogens (tertiary/aromatic N) is 2. The molecule has 2 aliphatic heterocycles. The van der Waals surface area contributed by atoms with Gasteiger partial charge in [-0.05, 0) is 122 Å². The van der Waals surface area contributed by atoms with Crippen LogP contribution < -0.4 is 0 Å². The fourth-order valence-corrected chi connectivity index (χ4v) is 9.24. The lowest BCUT2D eigenvalue weighted by Gasteiger charge is -2.30. The maximum absolute atomic E-state index is 12.8. The quantitative estimate of drug-likeness (QED) is 0.173. The zero-order valence-corrected chi connectivity index (χ0v) is 31.0. The van der Waals surface area contributed by atoms with Crippen molar-refractivity contribution in [2.45, 2.75) is 44.4 Å². The molecule has 1 saturated carbocycles. The normalized spacial score (nSPS) is 18.0. The smallest absolute Gasteiger partial charge is 0.182 e. The first-order valence-electron chi connectivity index (χ1n) is 19.7. The van der Waals surface area contributed by atoms with Crippen molar-refractivity contribution >= 4 is 45.8 Å². The number of carbonyl (C=O) groups is 2. The Kier molecular flexibility index (Phi) is 8.59. The van der Waals surface area contributed by atoms with Gasteiger partial charge in [-0.2, -0.15) is 0 Å². The molecule has 0 unspecified atom stereocenters. The van der Waals surface area contributed by atoms with Gasteiger partial charge in [0.25, 0.3) is 0 Å². The van der Waals surface area contributed by atoms with Gasteiger partial charge in [0.1, 0.15) is 0 Å². The highest BCUT2D eigenvalue weighted by Crippen LogP contribution is 2.43. The van der Waals surface area contributed by atoms with Gasteiger partial charge in [-0.25, -0.2) is 4.98 Å². The van der Waals surface area contributed by atoms with Gasteiger partial charge in [0.15, 0.2) is 11.6 Å². The third kappa shape index (κ3) is 6.17. The maximum Gasteiger partial charge on any atom is 0.182 e. The fourth-order valence-electron chi connectivity index (χ4n) is 9.24. The summed E-state index contributed by atoms with van der Waals surface area (Å²) >= 11 is 0. The summed E-state index contributed by atoms with van der Waals surface area (Å²) in [5, 5.41) is 0. The van der Waals surface area contributed by atoms with Gasteiger partial charge in [-0.1, -0.05) is 91.0 Å². The van der Waals surface area contributed by atoms with Crippen molar-refractivity contribution in [3.63, 3.8) is 0 Å². The summed E-state index contributed by atoms with van der Waals surface area (Å²) < 4.78 is 0. The topological polar surface area (TPSA) is 91.5 Å². The zero-order valence-electron chi connectivity index (χ0n) is 31.0. The highest BCUT2D eigenvalue weighted by molar-refractivity contribution is 6.17. The van der Waals surface area contributed by atoms with E-state index in [0.29, 0.717) is 5.57 Å². The Balaban J connectivity index is 1.25. The van der Waals surface area contributed by atoms with Crippen LogP contribution in [-0.2, 0) is 22.4 Å². The number of benzene rings is 3. The first-order chi connectivity index (χ1) is 27.6. The Morgan fingerprint density at radius 2 is 0.946 bits per heavy atom. The Bertz CT molecular complexity index is 2780. The SMILES string of the molecule is O=C1C=CC(=O)C(C2CCC(c3c4nc(c(-c5ccccc5)c5ccc([nH]5)c(-c5ccccc5)c5nc(c(-c6ccccc6)c6ccc3[nH]6)C=C5)CC4)CC2)=C1. The molecule has 2 aliphatic carbocycles. The predicted octanol–water partition coefficient (Wildman–Crippen LogP) is 11.2. The van der Waals surface area contributed by atoms with Crippen LogP contribution in [0.4, 0.5) is 0 Å². The zero-order chi connectivity index (χ0) is 37.6. The van der Waals surface area contributed by atoms with Crippen molar-refractivity contribution in [3.05, 3.63) is 167 Å². The molecular formula is C50H40N4O2. The number of fused-ring (bicyclic) bond motifs is 8. The highest BCUT2D eigenvalue weighted by atomic mass is 16.1. The van der Waals surface area contributed by atoms with Crippen LogP contribution in [0.25, 0.3) is 67.6 Å². The second-order valence-corrected chi connectivity index (χ2v) is 15.2. The largest absolute Gasteiger partial charge is 0.355 e. The molecule has 0 saturated heterocycles. The third-order valence-electron chi connectivity index (χ3n) is 11.8. The van der Waals surface area contributed by atoms with E-state index < -0.39 is 0 Å². The Morgan fingerprint density at radius 3 is 1.54 bits per heavy atom. The van der Waals surface area contributed by atoms with Crippen LogP contribution in [0.15, 0.2) is 139 Å². The molecule has 0 radical (unpaired) electrons. The van der Waals surface area contributed by atoms with Crippen LogP contribution >= 0.6 is 0 Å². The summed E-state index contributed by atoms with van der Waals surface area (Å²) in [4.78, 5) is 43.8. The second kappa shape index (κ2) is 14.2. The summed E-state index contributed by atoms with van der Waals surface area (Å²) in [5.41, 5.74) is 16.5. The number of rotatable bonds is 5. The van der Waals surface area contributed by atoms with E-state index in [4.69, 9.17) is 9.97 Å². The van der Waals surface area contributed by atoms with Gasteiger partial charge < -0.3 is 9.97 Å². The molecule has 2 N–H and O–H groups in total. The minimum absolute atomic E-state index is 0.0305. The molecule has 5 heterocycles. The summed E-state index contributed by atoms with van der Waals surface area (Å²) in [6.07, 6.45) is 13.8. The summed E-state index contributed by atoms with van der Waals surface area (Å²) in [6, 6.07) is 40.4. The number of carbonyl (C=O) groups excluding carboxylic acids is 2. The molecule has 4 aliphatic rings. The van der Waals surface area contributed by atoms with Gasteiger partial charge in [0.05, 0.1) is 17.1 Å². The standard InChI is InChI=1S/C50H40N4O2/c55-36-20-29-46(56)37(30-36)31-16-18-35(19-17-31)50-44-27-25-42(53-44)48(33-12-6-2-7-13-33)40-23-21-38(51-40)47(32-10-4-1-5-11-32)39-22-24-41(52-39)49(34-14-8-3-9-15-34)43-26-28-45(50)54-43/h1-15,20-25,27,29-31,35,52-53H,16-19,26,28H2. The minimum atomic E-state index is -0.0957. The summed E-state index contributed by atoms with van der Waals surface area (Å²) in [5.74, 6) is 0.197. The van der Waals surface area contributed by atoms with Crippen molar-refractivity contribution in [1.82, 2.24) is 19.9 Å². The maximum atomic E-state index is 12.8. The third-order valence-corrected chi connectivity index (χ3v) is 11.8. The summed E-state index contributed by atoms with van der Waals surface area (Å²) in [6.45, 7) is 0. The van der Waals surface area contributed by atoms with Crippen LogP contribution in [0.1, 0.15) is 59.9 Å². The molecule has 6 aromatic rings. The number of H-pyrrole nitrogens is 2. The molecule has 56 heavy (non-hydrogen) atoms. The molecule has 6 heteroatoms. The molecular weight excluding hydrogens is 689 g/mol. The molecule has 3 aromatic carbocycles. The average Bonchev–Trinajstić information content (AvgIpc) is 4.09. The number of aryl methyl sites for hydroxylation is 2. The van der Waals surface area contributed by atoms with Crippen LogP contribution in [0, 0.1) is 5.92 Å². The van der Waals surface area contributed by atoms with Crippen LogP contribution in [-0.4, -0.2) is 31.5 Å². The number of aromatic amines is 2. The van der Waals surface area contributed by atoms with E-state index in [0.717, 1.165) is 117 Å². The van der Waals surface area contributed by atoms with Crippen LogP contribution in [0.5, 0.6) is 0 Å². The van der Waals surface area contributed by atoms with E-state index in [1.54, 1.807) is 6.08 Å². The van der Waals surface area contributed by atoms with Gasteiger partial charge >= 0.3 is 0 Å². The van der Waals surface area contributed by atoms with Crippen molar-refractivity contribution in [3.8, 4) is 33.4 Å². The molecule has 1 fully saturated rings. The monoisotopic (exact) mass is 728 g/mol. The number of hydrogen-bond donors (Lipinski definition) is 2. The van der Waals surface area contributed by atoms with Crippen molar-refractivity contribution in [2.75, 3.05) is 0 Å². The Morgan fingerprint density at radius 1 is 0.464 bits per heavy atom. The molecule has 272 valence electrons. The minimum Gasteiger partial charge on any atom is -0.355 e. The Hall–Kier alpha value is -6.66. The van der Waals surface area contributed by atoms with Crippen LogP contribution in [0.3, 0.4) is 0 Å². The lowest BCUT2D eigenvalue weighted by Crippen LogP contribution is -2.21. The van der Waals surface area contributed by atoms with Crippen molar-refractivity contribution in [2.24, 2.45) is 5.92 Å². The number of ketones is 2. The van der Waals surface area contributed by atoms with E-state index >= 15 is 0 Å². The average molecular weight is 729 g/mol. The van der Waals surface area contributed by atoms with Crippen LogP contribution in [0.2, 0.25) is 0 Å². The van der Waals surface area contributed by atoms with E-state index in [-0.39, 0.29) is 23.4 Å². The predicted molar refractivity (Wildman–Crippen MR) is 226 cm³/mol. The lowest BCUT2D eigenvalue weighted by atomic mass is 9.74. The van der Waals surface area contributed by atoms with Gasteiger partial charge in [-0.15, -0.1) is 0 Å². The molecule has 0 amide bonds.